The van der Waals surface area contributed by atoms with E-state index in [1.807, 2.05) is 39.8 Å². The highest BCUT2D eigenvalue weighted by Crippen LogP contribution is 2.20. The van der Waals surface area contributed by atoms with Crippen LogP contribution in [-0.2, 0) is 0 Å². The summed E-state index contributed by atoms with van der Waals surface area (Å²) < 4.78 is 0. The molecule has 0 fully saturated rings. The van der Waals surface area contributed by atoms with Crippen molar-refractivity contribution in [1.29, 1.82) is 0 Å². The summed E-state index contributed by atoms with van der Waals surface area (Å²) in [7, 11) is 0. The largest absolute Gasteiger partial charge is 0.348 e. The van der Waals surface area contributed by atoms with E-state index in [2.05, 4.69) is 5.32 Å². The van der Waals surface area contributed by atoms with Crippen molar-refractivity contribution in [3.8, 4) is 0 Å². The lowest BCUT2D eigenvalue weighted by molar-refractivity contribution is 0.0905. The number of amides is 1. The Morgan fingerprint density at radius 3 is 2.44 bits per heavy atom. The number of hydrogen-bond donors (Lipinski definition) is 2. The minimum atomic E-state index is -0.133. The van der Waals surface area contributed by atoms with Crippen LogP contribution < -0.4 is 11.1 Å². The van der Waals surface area contributed by atoms with Gasteiger partial charge in [0.1, 0.15) is 0 Å². The van der Waals surface area contributed by atoms with Crippen LogP contribution >= 0.6 is 11.6 Å². The summed E-state index contributed by atoms with van der Waals surface area (Å²) in [5.41, 5.74) is 7.17. The third-order valence-corrected chi connectivity index (χ3v) is 3.11. The zero-order chi connectivity index (χ0) is 13.9. The fraction of sp³-hybridized carbons (Fsp3) is 0.500. The molecule has 0 aliphatic rings. The van der Waals surface area contributed by atoms with Crippen LogP contribution in [0.5, 0.6) is 0 Å². The van der Waals surface area contributed by atoms with Crippen LogP contribution in [0.3, 0.4) is 0 Å². The maximum absolute atomic E-state index is 12.1. The molecule has 1 atom stereocenters. The molecule has 1 aromatic carbocycles. The molecule has 0 aromatic heterocycles. The van der Waals surface area contributed by atoms with Crippen LogP contribution in [0.2, 0.25) is 5.02 Å². The molecule has 0 spiro atoms. The molecular weight excluding hydrogens is 248 g/mol. The number of benzene rings is 1. The van der Waals surface area contributed by atoms with Crippen molar-refractivity contribution >= 4 is 17.5 Å². The van der Waals surface area contributed by atoms with Gasteiger partial charge in [-0.05, 0) is 36.1 Å². The number of rotatable bonds is 3. The van der Waals surface area contributed by atoms with Gasteiger partial charge in [-0.3, -0.25) is 4.79 Å². The van der Waals surface area contributed by atoms with E-state index >= 15 is 0 Å². The summed E-state index contributed by atoms with van der Waals surface area (Å²) in [5.74, 6) is -0.133. The maximum Gasteiger partial charge on any atom is 0.251 e. The quantitative estimate of drug-likeness (QED) is 0.886. The number of aryl methyl sites for hydroxylation is 1. The van der Waals surface area contributed by atoms with Crippen LogP contribution in [0.15, 0.2) is 18.2 Å². The van der Waals surface area contributed by atoms with Gasteiger partial charge in [0, 0.05) is 23.2 Å². The number of nitrogens with two attached hydrogens (primary N) is 1. The molecule has 3 N–H and O–H groups in total. The summed E-state index contributed by atoms with van der Waals surface area (Å²) >= 11 is 5.95. The van der Waals surface area contributed by atoms with Gasteiger partial charge in [-0.1, -0.05) is 32.4 Å². The number of nitrogens with one attached hydrogen (secondary N) is 1. The van der Waals surface area contributed by atoms with Gasteiger partial charge in [0.05, 0.1) is 0 Å². The first kappa shape index (κ1) is 15.0. The average molecular weight is 269 g/mol. The normalized spacial score (nSPS) is 13.2. The van der Waals surface area contributed by atoms with Gasteiger partial charge in [-0.2, -0.15) is 0 Å². The van der Waals surface area contributed by atoms with E-state index in [-0.39, 0.29) is 17.4 Å². The Labute approximate surface area is 114 Å². The maximum atomic E-state index is 12.1. The topological polar surface area (TPSA) is 55.1 Å². The fourth-order valence-corrected chi connectivity index (χ4v) is 2.03. The van der Waals surface area contributed by atoms with E-state index in [0.29, 0.717) is 17.1 Å². The lowest BCUT2D eigenvalue weighted by Gasteiger charge is -2.30. The zero-order valence-corrected chi connectivity index (χ0v) is 12.1. The third kappa shape index (κ3) is 4.00. The first-order valence-electron chi connectivity index (χ1n) is 6.02. The Hall–Kier alpha value is -1.06. The average Bonchev–Trinajstić information content (AvgIpc) is 2.22. The summed E-state index contributed by atoms with van der Waals surface area (Å²) in [6.45, 7) is 8.47. The molecule has 0 saturated carbocycles. The highest BCUT2D eigenvalue weighted by molar-refractivity contribution is 6.31. The van der Waals surface area contributed by atoms with Crippen molar-refractivity contribution < 1.29 is 4.79 Å². The standard InChI is InChI=1S/C14H21ClN2O/c1-9-5-10(7-11(15)6-9)13(18)17-12(8-16)14(2,3)4/h5-7,12H,8,16H2,1-4H3,(H,17,18). The molecule has 100 valence electrons. The molecule has 18 heavy (non-hydrogen) atoms. The van der Waals surface area contributed by atoms with Crippen molar-refractivity contribution in [2.24, 2.45) is 11.1 Å². The third-order valence-electron chi connectivity index (χ3n) is 2.89. The van der Waals surface area contributed by atoms with Crippen molar-refractivity contribution in [2.45, 2.75) is 33.7 Å². The van der Waals surface area contributed by atoms with Gasteiger partial charge < -0.3 is 11.1 Å². The summed E-state index contributed by atoms with van der Waals surface area (Å²) in [6.07, 6.45) is 0. The molecule has 1 amide bonds. The molecule has 0 saturated heterocycles. The molecular formula is C14H21ClN2O. The number of carbonyl (C=O) groups is 1. The van der Waals surface area contributed by atoms with Crippen LogP contribution in [0.25, 0.3) is 0 Å². The second-order valence-electron chi connectivity index (χ2n) is 5.65. The zero-order valence-electron chi connectivity index (χ0n) is 11.4. The Morgan fingerprint density at radius 1 is 1.39 bits per heavy atom. The minimum Gasteiger partial charge on any atom is -0.348 e. The molecule has 4 heteroatoms. The molecule has 1 unspecified atom stereocenters. The Morgan fingerprint density at radius 2 is 2.00 bits per heavy atom. The Bertz CT molecular complexity index is 418. The van der Waals surface area contributed by atoms with E-state index in [1.54, 1.807) is 6.07 Å². The van der Waals surface area contributed by atoms with Gasteiger partial charge in [0.25, 0.3) is 5.91 Å². The van der Waals surface area contributed by atoms with Crippen LogP contribution in [0, 0.1) is 12.3 Å². The minimum absolute atomic E-state index is 0.0655. The SMILES string of the molecule is Cc1cc(Cl)cc(C(=O)NC(CN)C(C)(C)C)c1. The van der Waals surface area contributed by atoms with E-state index in [4.69, 9.17) is 17.3 Å². The molecule has 0 aliphatic carbocycles. The lowest BCUT2D eigenvalue weighted by atomic mass is 9.86. The molecule has 0 bridgehead atoms. The van der Waals surface area contributed by atoms with Gasteiger partial charge in [0.15, 0.2) is 0 Å². The highest BCUT2D eigenvalue weighted by atomic mass is 35.5. The molecule has 0 aliphatic heterocycles. The van der Waals surface area contributed by atoms with Gasteiger partial charge in [-0.25, -0.2) is 0 Å². The summed E-state index contributed by atoms with van der Waals surface area (Å²) in [5, 5.41) is 3.52. The van der Waals surface area contributed by atoms with E-state index in [1.165, 1.54) is 0 Å². The second-order valence-corrected chi connectivity index (χ2v) is 6.08. The van der Waals surface area contributed by atoms with Crippen LogP contribution in [-0.4, -0.2) is 18.5 Å². The molecule has 1 aromatic rings. The summed E-state index contributed by atoms with van der Waals surface area (Å²) in [4.78, 5) is 12.1. The summed E-state index contributed by atoms with van der Waals surface area (Å²) in [6, 6.07) is 5.24. The first-order valence-corrected chi connectivity index (χ1v) is 6.40. The monoisotopic (exact) mass is 268 g/mol. The molecule has 0 radical (unpaired) electrons. The molecule has 1 rings (SSSR count). The van der Waals surface area contributed by atoms with Gasteiger partial charge >= 0.3 is 0 Å². The Kier molecular flexibility index (Phi) is 4.77. The second kappa shape index (κ2) is 5.72. The predicted octanol–water partition coefficient (Wildman–Crippen LogP) is 2.75. The molecule has 3 nitrogen and oxygen atoms in total. The van der Waals surface area contributed by atoms with Crippen molar-refractivity contribution in [1.82, 2.24) is 5.32 Å². The number of halogens is 1. The first-order chi connectivity index (χ1) is 8.24. The Balaban J connectivity index is 2.88. The predicted molar refractivity (Wildman–Crippen MR) is 76.0 cm³/mol. The highest BCUT2D eigenvalue weighted by Gasteiger charge is 2.25. The van der Waals surface area contributed by atoms with Crippen molar-refractivity contribution in [3.63, 3.8) is 0 Å². The number of carbonyl (C=O) groups excluding carboxylic acids is 1. The fourth-order valence-electron chi connectivity index (χ4n) is 1.74. The molecule has 0 heterocycles. The van der Waals surface area contributed by atoms with Crippen LogP contribution in [0.1, 0.15) is 36.7 Å². The van der Waals surface area contributed by atoms with Gasteiger partial charge in [-0.15, -0.1) is 0 Å². The van der Waals surface area contributed by atoms with Crippen LogP contribution in [0.4, 0.5) is 0 Å². The lowest BCUT2D eigenvalue weighted by Crippen LogP contribution is -2.48. The van der Waals surface area contributed by atoms with Crippen molar-refractivity contribution in [3.05, 3.63) is 34.3 Å². The number of hydrogen-bond acceptors (Lipinski definition) is 2. The smallest absolute Gasteiger partial charge is 0.251 e. The van der Waals surface area contributed by atoms with E-state index in [0.717, 1.165) is 5.56 Å². The van der Waals surface area contributed by atoms with Gasteiger partial charge in [0.2, 0.25) is 0 Å². The van der Waals surface area contributed by atoms with E-state index < -0.39 is 0 Å². The van der Waals surface area contributed by atoms with E-state index in [9.17, 15) is 4.79 Å². The van der Waals surface area contributed by atoms with Crippen molar-refractivity contribution in [2.75, 3.05) is 6.54 Å².